The molecular formula is C20H28O3. The van der Waals surface area contributed by atoms with Crippen LogP contribution in [0.3, 0.4) is 0 Å². The number of ether oxygens (including phenoxy) is 1. The molecule has 1 N–H and O–H groups in total. The van der Waals surface area contributed by atoms with Crippen LogP contribution in [0.5, 0.6) is 0 Å². The van der Waals surface area contributed by atoms with E-state index in [9.17, 15) is 9.90 Å². The third-order valence-corrected chi connectivity index (χ3v) is 9.02. The lowest BCUT2D eigenvalue weighted by molar-refractivity contribution is -0.167. The average Bonchev–Trinajstić information content (AvgIpc) is 3.34. The highest BCUT2D eigenvalue weighted by Crippen LogP contribution is 2.83. The average molecular weight is 316 g/mol. The minimum atomic E-state index is -0.294. The summed E-state index contributed by atoms with van der Waals surface area (Å²) in [6.07, 6.45) is 10.4. The summed E-state index contributed by atoms with van der Waals surface area (Å²) in [6.45, 7) is 4.38. The molecule has 0 aromatic carbocycles. The number of hydrogen-bond donors (Lipinski definition) is 1. The van der Waals surface area contributed by atoms with E-state index in [2.05, 4.69) is 6.58 Å². The maximum absolute atomic E-state index is 11.8. The van der Waals surface area contributed by atoms with E-state index in [0.29, 0.717) is 31.0 Å². The molecule has 0 amide bonds. The molecule has 0 aromatic rings. The van der Waals surface area contributed by atoms with Gasteiger partial charge < -0.3 is 9.84 Å². The molecule has 5 saturated carbocycles. The number of rotatable bonds is 4. The molecule has 0 aromatic heterocycles. The number of carbonyl (C=O) groups is 1. The van der Waals surface area contributed by atoms with Gasteiger partial charge in [-0.1, -0.05) is 13.0 Å². The second kappa shape index (κ2) is 4.62. The van der Waals surface area contributed by atoms with Crippen LogP contribution in [0.2, 0.25) is 0 Å². The number of aliphatic hydroxyl groups is 1. The van der Waals surface area contributed by atoms with Crippen molar-refractivity contribution in [2.24, 2.45) is 46.3 Å². The molecule has 23 heavy (non-hydrogen) atoms. The lowest BCUT2D eigenvalue weighted by Gasteiger charge is -2.56. The van der Waals surface area contributed by atoms with Gasteiger partial charge in [0.05, 0.1) is 6.61 Å². The van der Waals surface area contributed by atoms with Gasteiger partial charge in [-0.05, 0) is 74.0 Å². The van der Waals surface area contributed by atoms with E-state index in [1.54, 1.807) is 0 Å². The molecule has 0 heterocycles. The van der Waals surface area contributed by atoms with Gasteiger partial charge in [0.2, 0.25) is 0 Å². The SMILES string of the molecule is C=CC(=O)OCC12CC(C3CCCC31)C1C3CCC(C3)C12CO. The van der Waals surface area contributed by atoms with E-state index in [1.807, 2.05) is 0 Å². The van der Waals surface area contributed by atoms with Crippen LogP contribution in [-0.2, 0) is 9.53 Å². The quantitative estimate of drug-likeness (QED) is 0.492. The Bertz CT molecular complexity index is 557. The smallest absolute Gasteiger partial charge is 0.330 e. The molecule has 3 nitrogen and oxygen atoms in total. The van der Waals surface area contributed by atoms with Crippen molar-refractivity contribution in [1.82, 2.24) is 0 Å². The number of carbonyl (C=O) groups excluding carboxylic acids is 1. The summed E-state index contributed by atoms with van der Waals surface area (Å²) in [7, 11) is 0. The maximum Gasteiger partial charge on any atom is 0.330 e. The van der Waals surface area contributed by atoms with Crippen LogP contribution in [0.4, 0.5) is 0 Å². The number of aliphatic hydroxyl groups excluding tert-OH is 1. The van der Waals surface area contributed by atoms with E-state index >= 15 is 0 Å². The summed E-state index contributed by atoms with van der Waals surface area (Å²) in [5.74, 6) is 4.19. The third-order valence-electron chi connectivity index (χ3n) is 9.02. The van der Waals surface area contributed by atoms with Crippen LogP contribution in [0, 0.1) is 46.3 Å². The fourth-order valence-corrected chi connectivity index (χ4v) is 8.76. The van der Waals surface area contributed by atoms with Crippen molar-refractivity contribution < 1.29 is 14.6 Å². The number of hydrogen-bond acceptors (Lipinski definition) is 3. The second-order valence-electron chi connectivity index (χ2n) is 9.03. The van der Waals surface area contributed by atoms with Gasteiger partial charge in [-0.15, -0.1) is 0 Å². The monoisotopic (exact) mass is 316 g/mol. The van der Waals surface area contributed by atoms with Crippen LogP contribution in [0.15, 0.2) is 12.7 Å². The molecule has 0 saturated heterocycles. The fourth-order valence-electron chi connectivity index (χ4n) is 8.76. The first-order valence-corrected chi connectivity index (χ1v) is 9.58. The first kappa shape index (κ1) is 14.5. The van der Waals surface area contributed by atoms with Crippen molar-refractivity contribution in [3.8, 4) is 0 Å². The van der Waals surface area contributed by atoms with Crippen molar-refractivity contribution in [3.63, 3.8) is 0 Å². The van der Waals surface area contributed by atoms with Crippen molar-refractivity contribution in [1.29, 1.82) is 0 Å². The van der Waals surface area contributed by atoms with E-state index in [1.165, 1.54) is 51.0 Å². The van der Waals surface area contributed by atoms with Crippen molar-refractivity contribution in [2.75, 3.05) is 13.2 Å². The third kappa shape index (κ3) is 1.45. The molecule has 0 aliphatic heterocycles. The zero-order valence-electron chi connectivity index (χ0n) is 13.9. The Hall–Kier alpha value is -0.830. The standard InChI is InChI=1S/C20H28O3/c1-2-17(22)23-11-19-9-15(14-4-3-5-16(14)19)18-12-6-7-13(8-12)20(18,19)10-21/h2,12-16,18,21H,1,3-11H2. The second-order valence-corrected chi connectivity index (χ2v) is 9.03. The molecule has 0 radical (unpaired) electrons. The molecule has 8 atom stereocenters. The van der Waals surface area contributed by atoms with Gasteiger partial charge in [0, 0.05) is 23.5 Å². The Balaban J connectivity index is 1.59. The first-order chi connectivity index (χ1) is 11.2. The minimum Gasteiger partial charge on any atom is -0.462 e. The molecule has 0 spiro atoms. The van der Waals surface area contributed by atoms with E-state index < -0.39 is 0 Å². The van der Waals surface area contributed by atoms with Gasteiger partial charge in [-0.3, -0.25) is 0 Å². The molecular weight excluding hydrogens is 288 g/mol. The summed E-state index contributed by atoms with van der Waals surface area (Å²) < 4.78 is 5.68. The van der Waals surface area contributed by atoms with Gasteiger partial charge in [0.1, 0.15) is 0 Å². The predicted molar refractivity (Wildman–Crippen MR) is 86.4 cm³/mol. The summed E-state index contributed by atoms with van der Waals surface area (Å²) in [6, 6.07) is 0. The highest BCUT2D eigenvalue weighted by molar-refractivity contribution is 5.81. The molecule has 5 fully saturated rings. The van der Waals surface area contributed by atoms with Gasteiger partial charge >= 0.3 is 5.97 Å². The Morgan fingerprint density at radius 3 is 2.91 bits per heavy atom. The molecule has 5 aliphatic carbocycles. The van der Waals surface area contributed by atoms with E-state index in [4.69, 9.17) is 4.74 Å². The van der Waals surface area contributed by atoms with Gasteiger partial charge in [-0.25, -0.2) is 4.79 Å². The molecule has 3 heteroatoms. The summed E-state index contributed by atoms with van der Waals surface area (Å²) in [5.41, 5.74) is 0.101. The van der Waals surface area contributed by atoms with Crippen LogP contribution < -0.4 is 0 Å². The predicted octanol–water partition coefficient (Wildman–Crippen LogP) is 3.18. The summed E-state index contributed by atoms with van der Waals surface area (Å²) in [5, 5.41) is 10.6. The number of esters is 1. The molecule has 4 bridgehead atoms. The van der Waals surface area contributed by atoms with Crippen LogP contribution in [0.1, 0.15) is 44.9 Å². The zero-order valence-corrected chi connectivity index (χ0v) is 13.9. The highest BCUT2D eigenvalue weighted by Gasteiger charge is 2.80. The summed E-state index contributed by atoms with van der Waals surface area (Å²) >= 11 is 0. The number of fused-ring (bicyclic) bond motifs is 12. The van der Waals surface area contributed by atoms with Gasteiger partial charge in [-0.2, -0.15) is 0 Å². The Kier molecular flexibility index (Phi) is 2.92. The Labute approximate surface area is 138 Å². The van der Waals surface area contributed by atoms with Crippen molar-refractivity contribution >= 4 is 5.97 Å². The molecule has 126 valence electrons. The normalized spacial score (nSPS) is 55.0. The Morgan fingerprint density at radius 1 is 1.26 bits per heavy atom. The van der Waals surface area contributed by atoms with Crippen LogP contribution in [0.25, 0.3) is 0 Å². The maximum atomic E-state index is 11.8. The highest BCUT2D eigenvalue weighted by atomic mass is 16.5. The lowest BCUT2D eigenvalue weighted by atomic mass is 9.49. The van der Waals surface area contributed by atoms with Crippen molar-refractivity contribution in [2.45, 2.75) is 44.9 Å². The zero-order chi connectivity index (χ0) is 15.8. The minimum absolute atomic E-state index is 0.0491. The van der Waals surface area contributed by atoms with Gasteiger partial charge in [0.25, 0.3) is 0 Å². The van der Waals surface area contributed by atoms with Crippen molar-refractivity contribution in [3.05, 3.63) is 12.7 Å². The van der Waals surface area contributed by atoms with E-state index in [-0.39, 0.29) is 16.8 Å². The van der Waals surface area contributed by atoms with E-state index in [0.717, 1.165) is 17.8 Å². The molecule has 8 unspecified atom stereocenters. The first-order valence-electron chi connectivity index (χ1n) is 9.58. The Morgan fingerprint density at radius 2 is 2.13 bits per heavy atom. The molecule has 5 aliphatic rings. The molecule has 5 rings (SSSR count). The lowest BCUT2D eigenvalue weighted by Crippen LogP contribution is -2.57. The van der Waals surface area contributed by atoms with Crippen LogP contribution in [-0.4, -0.2) is 24.3 Å². The van der Waals surface area contributed by atoms with Crippen LogP contribution >= 0.6 is 0 Å². The summed E-state index contributed by atoms with van der Waals surface area (Å²) in [4.78, 5) is 11.8. The largest absolute Gasteiger partial charge is 0.462 e. The fraction of sp³-hybridized carbons (Fsp3) is 0.850. The topological polar surface area (TPSA) is 46.5 Å². The van der Waals surface area contributed by atoms with Gasteiger partial charge in [0.15, 0.2) is 0 Å².